The van der Waals surface area contributed by atoms with Crippen LogP contribution in [-0.2, 0) is 9.59 Å². The van der Waals surface area contributed by atoms with Crippen molar-refractivity contribution in [2.75, 3.05) is 13.2 Å². The number of benzene rings is 2. The quantitative estimate of drug-likeness (QED) is 0.703. The molecule has 152 valence electrons. The molecule has 2 aromatic rings. The van der Waals surface area contributed by atoms with E-state index in [4.69, 9.17) is 9.47 Å². The normalized spacial score (nSPS) is 15.6. The molecule has 0 unspecified atom stereocenters. The van der Waals surface area contributed by atoms with Crippen molar-refractivity contribution < 1.29 is 19.1 Å². The highest BCUT2D eigenvalue weighted by Gasteiger charge is 2.34. The van der Waals surface area contributed by atoms with E-state index in [1.54, 1.807) is 0 Å². The number of hydrogen-bond donors (Lipinski definition) is 1. The van der Waals surface area contributed by atoms with Crippen molar-refractivity contribution in [2.45, 2.75) is 25.6 Å². The number of para-hydroxylation sites is 2. The first-order valence-corrected chi connectivity index (χ1v) is 10.1. The Balaban J connectivity index is 1.61. The van der Waals surface area contributed by atoms with Gasteiger partial charge in [-0.25, -0.2) is 5.01 Å². The molecule has 0 fully saturated rings. The van der Waals surface area contributed by atoms with Gasteiger partial charge in [0.25, 0.3) is 0 Å². The lowest BCUT2D eigenvalue weighted by Crippen LogP contribution is -2.25. The van der Waals surface area contributed by atoms with E-state index in [0.717, 1.165) is 11.3 Å². The van der Waals surface area contributed by atoms with Crippen LogP contribution in [0.25, 0.3) is 0 Å². The summed E-state index contributed by atoms with van der Waals surface area (Å²) in [5.74, 6) is 1.06. The standard InChI is InChI=1S/C21H23N3O4S/c1-15(25)22-21-23-24(16(2)26)20(29-21)18-11-6-7-12-19(18)28-14-8-13-27-17-9-4-3-5-10-17/h3-7,9-12,20H,8,13-14H2,1-2H3,(H,22,23,25)/t20-/m1/s1. The van der Waals surface area contributed by atoms with Crippen LogP contribution in [-0.4, -0.2) is 35.2 Å². The van der Waals surface area contributed by atoms with E-state index in [1.165, 1.54) is 30.6 Å². The van der Waals surface area contributed by atoms with Gasteiger partial charge in [-0.3, -0.25) is 9.59 Å². The number of nitrogens with one attached hydrogen (secondary N) is 1. The van der Waals surface area contributed by atoms with E-state index in [2.05, 4.69) is 10.4 Å². The highest BCUT2D eigenvalue weighted by atomic mass is 32.2. The molecular formula is C21H23N3O4S. The van der Waals surface area contributed by atoms with Crippen molar-refractivity contribution in [1.82, 2.24) is 10.3 Å². The zero-order valence-corrected chi connectivity index (χ0v) is 17.1. The van der Waals surface area contributed by atoms with Crippen LogP contribution in [0.3, 0.4) is 0 Å². The molecule has 0 aromatic heterocycles. The minimum Gasteiger partial charge on any atom is -0.493 e. The summed E-state index contributed by atoms with van der Waals surface area (Å²) < 4.78 is 11.6. The van der Waals surface area contributed by atoms with E-state index >= 15 is 0 Å². The Bertz CT molecular complexity index is 889. The van der Waals surface area contributed by atoms with E-state index in [-0.39, 0.29) is 11.8 Å². The number of carbonyl (C=O) groups excluding carboxylic acids is 2. The maximum atomic E-state index is 12.0. The Hall–Kier alpha value is -3.00. The van der Waals surface area contributed by atoms with Crippen LogP contribution in [0.4, 0.5) is 0 Å². The SMILES string of the molecule is CC(=O)NC1=NN(C(C)=O)[C@@H](c2ccccc2OCCCOc2ccccc2)S1. The molecule has 2 aromatic carbocycles. The minimum absolute atomic E-state index is 0.214. The third kappa shape index (κ3) is 5.74. The second-order valence-corrected chi connectivity index (χ2v) is 7.39. The van der Waals surface area contributed by atoms with Gasteiger partial charge in [0.2, 0.25) is 11.8 Å². The Morgan fingerprint density at radius 2 is 1.72 bits per heavy atom. The number of amides is 2. The smallest absolute Gasteiger partial charge is 0.241 e. The molecule has 1 heterocycles. The predicted molar refractivity (Wildman–Crippen MR) is 113 cm³/mol. The van der Waals surface area contributed by atoms with Crippen LogP contribution < -0.4 is 14.8 Å². The summed E-state index contributed by atoms with van der Waals surface area (Å²) in [5.41, 5.74) is 0.820. The van der Waals surface area contributed by atoms with Gasteiger partial charge in [0.05, 0.1) is 13.2 Å². The van der Waals surface area contributed by atoms with Crippen LogP contribution >= 0.6 is 11.8 Å². The number of ether oxygens (including phenoxy) is 2. The lowest BCUT2D eigenvalue weighted by atomic mass is 10.2. The summed E-state index contributed by atoms with van der Waals surface area (Å²) in [6, 6.07) is 17.2. The first kappa shape index (κ1) is 20.7. The molecule has 1 aliphatic rings. The third-order valence-electron chi connectivity index (χ3n) is 3.99. The largest absolute Gasteiger partial charge is 0.493 e. The number of carbonyl (C=O) groups is 2. The first-order valence-electron chi connectivity index (χ1n) is 9.27. The fraction of sp³-hybridized carbons (Fsp3) is 0.286. The summed E-state index contributed by atoms with van der Waals surface area (Å²) in [7, 11) is 0. The molecule has 1 N–H and O–H groups in total. The highest BCUT2D eigenvalue weighted by Crippen LogP contribution is 2.42. The number of amidine groups is 1. The summed E-state index contributed by atoms with van der Waals surface area (Å²) in [5, 5.41) is 8.22. The van der Waals surface area contributed by atoms with Gasteiger partial charge in [-0.15, -0.1) is 5.10 Å². The topological polar surface area (TPSA) is 80.2 Å². The predicted octanol–water partition coefficient (Wildman–Crippen LogP) is 3.54. The summed E-state index contributed by atoms with van der Waals surface area (Å²) in [6.45, 7) is 3.86. The fourth-order valence-corrected chi connectivity index (χ4v) is 3.90. The van der Waals surface area contributed by atoms with Crippen LogP contribution in [0.15, 0.2) is 59.7 Å². The second-order valence-electron chi connectivity index (χ2n) is 6.32. The van der Waals surface area contributed by atoms with Crippen molar-refractivity contribution in [1.29, 1.82) is 0 Å². The molecule has 0 saturated carbocycles. The van der Waals surface area contributed by atoms with Gasteiger partial charge < -0.3 is 14.8 Å². The Labute approximate surface area is 174 Å². The molecule has 0 radical (unpaired) electrons. The van der Waals surface area contributed by atoms with Crippen molar-refractivity contribution in [3.05, 3.63) is 60.2 Å². The summed E-state index contributed by atoms with van der Waals surface area (Å²) >= 11 is 1.30. The maximum Gasteiger partial charge on any atom is 0.241 e. The van der Waals surface area contributed by atoms with E-state index in [0.29, 0.717) is 30.6 Å². The van der Waals surface area contributed by atoms with Crippen LogP contribution in [0, 0.1) is 0 Å². The molecule has 2 amide bonds. The van der Waals surface area contributed by atoms with Gasteiger partial charge in [0.1, 0.15) is 16.9 Å². The first-order chi connectivity index (χ1) is 14.0. The molecule has 1 atom stereocenters. The van der Waals surface area contributed by atoms with Crippen molar-refractivity contribution in [2.24, 2.45) is 5.10 Å². The monoisotopic (exact) mass is 413 g/mol. The average molecular weight is 413 g/mol. The molecule has 29 heavy (non-hydrogen) atoms. The molecule has 8 heteroatoms. The van der Waals surface area contributed by atoms with Crippen molar-refractivity contribution in [3.8, 4) is 11.5 Å². The van der Waals surface area contributed by atoms with Crippen molar-refractivity contribution >= 4 is 28.7 Å². The lowest BCUT2D eigenvalue weighted by molar-refractivity contribution is -0.129. The van der Waals surface area contributed by atoms with E-state index in [9.17, 15) is 9.59 Å². The van der Waals surface area contributed by atoms with Crippen LogP contribution in [0.2, 0.25) is 0 Å². The maximum absolute atomic E-state index is 12.0. The minimum atomic E-state index is -0.397. The summed E-state index contributed by atoms with van der Waals surface area (Å²) in [6.07, 6.45) is 0.713. The van der Waals surface area contributed by atoms with Gasteiger partial charge in [0.15, 0.2) is 5.17 Å². The molecule has 3 rings (SSSR count). The number of thioether (sulfide) groups is 1. The number of nitrogens with zero attached hydrogens (tertiary/aromatic N) is 2. The Kier molecular flexibility index (Phi) is 7.13. The number of hydrogen-bond acceptors (Lipinski definition) is 6. The molecule has 0 bridgehead atoms. The molecular weight excluding hydrogens is 390 g/mol. The van der Waals surface area contributed by atoms with Gasteiger partial charge in [-0.2, -0.15) is 0 Å². The molecule has 0 spiro atoms. The lowest BCUT2D eigenvalue weighted by Gasteiger charge is -2.21. The van der Waals surface area contributed by atoms with E-state index < -0.39 is 5.37 Å². The van der Waals surface area contributed by atoms with E-state index in [1.807, 2.05) is 54.6 Å². The van der Waals surface area contributed by atoms with Crippen LogP contribution in [0.5, 0.6) is 11.5 Å². The van der Waals surface area contributed by atoms with Crippen molar-refractivity contribution in [3.63, 3.8) is 0 Å². The van der Waals surface area contributed by atoms with Gasteiger partial charge in [-0.05, 0) is 18.2 Å². The van der Waals surface area contributed by atoms with Gasteiger partial charge in [-0.1, -0.05) is 48.2 Å². The number of rotatable bonds is 7. The molecule has 7 nitrogen and oxygen atoms in total. The average Bonchev–Trinajstić information content (AvgIpc) is 3.12. The highest BCUT2D eigenvalue weighted by molar-refractivity contribution is 8.14. The third-order valence-corrected chi connectivity index (χ3v) is 5.08. The molecule has 0 saturated heterocycles. The Morgan fingerprint density at radius 1 is 1.03 bits per heavy atom. The fourth-order valence-electron chi connectivity index (χ4n) is 2.73. The van der Waals surface area contributed by atoms with Crippen LogP contribution in [0.1, 0.15) is 31.2 Å². The molecule has 1 aliphatic heterocycles. The molecule has 0 aliphatic carbocycles. The van der Waals surface area contributed by atoms with Gasteiger partial charge in [0, 0.05) is 25.8 Å². The zero-order valence-electron chi connectivity index (χ0n) is 16.3. The zero-order chi connectivity index (χ0) is 20.6. The second kappa shape index (κ2) is 9.97. The number of hydrazone groups is 1. The Morgan fingerprint density at radius 3 is 2.45 bits per heavy atom. The van der Waals surface area contributed by atoms with Gasteiger partial charge >= 0.3 is 0 Å². The summed E-state index contributed by atoms with van der Waals surface area (Å²) in [4.78, 5) is 23.4.